The molecule has 0 bridgehead atoms. The molecule has 0 saturated heterocycles. The van der Waals surface area contributed by atoms with Crippen LogP contribution in [0.25, 0.3) is 0 Å². The van der Waals surface area contributed by atoms with E-state index in [2.05, 4.69) is 17.9 Å². The molecule has 76 valence electrons. The summed E-state index contributed by atoms with van der Waals surface area (Å²) in [5.74, 6) is 0. The first kappa shape index (κ1) is 9.60. The zero-order valence-electron chi connectivity index (χ0n) is 8.88. The van der Waals surface area contributed by atoms with Gasteiger partial charge in [-0.2, -0.15) is 5.26 Å². The van der Waals surface area contributed by atoms with Crippen molar-refractivity contribution in [2.45, 2.75) is 13.1 Å². The van der Waals surface area contributed by atoms with Crippen LogP contribution in [0.4, 0.5) is 5.69 Å². The van der Waals surface area contributed by atoms with Gasteiger partial charge in [0.25, 0.3) is 0 Å². The molecule has 0 amide bonds. The van der Waals surface area contributed by atoms with Gasteiger partial charge in [-0.15, -0.1) is 0 Å². The summed E-state index contributed by atoms with van der Waals surface area (Å²) in [6.45, 7) is 2.08. The quantitative estimate of drug-likeness (QED) is 0.694. The molecule has 0 unspecified atom stereocenters. The summed E-state index contributed by atoms with van der Waals surface area (Å²) in [7, 11) is 1.93. The highest BCUT2D eigenvalue weighted by Crippen LogP contribution is 2.26. The number of anilines is 1. The van der Waals surface area contributed by atoms with Gasteiger partial charge in [-0.1, -0.05) is 18.2 Å². The second kappa shape index (κ2) is 3.66. The summed E-state index contributed by atoms with van der Waals surface area (Å²) in [5.41, 5.74) is 1.81. The Morgan fingerprint density at radius 1 is 1.27 bits per heavy atom. The molecule has 0 aliphatic carbocycles. The first-order valence-corrected chi connectivity index (χ1v) is 4.92. The van der Waals surface area contributed by atoms with Crippen LogP contribution >= 0.6 is 0 Å². The Kier molecular flexibility index (Phi) is 2.34. The minimum absolute atomic E-state index is 0.196. The maximum Gasteiger partial charge on any atom is 0.134 e. The van der Waals surface area contributed by atoms with Crippen LogP contribution in [-0.2, 0) is 0 Å². The molecule has 0 spiro atoms. The van der Waals surface area contributed by atoms with Gasteiger partial charge in [-0.25, -0.2) is 0 Å². The molecule has 1 aliphatic rings. The third-order valence-corrected chi connectivity index (χ3v) is 2.77. The molecular formula is C12H13N3. The van der Waals surface area contributed by atoms with Crippen LogP contribution < -0.4 is 4.90 Å². The molecule has 1 heterocycles. The summed E-state index contributed by atoms with van der Waals surface area (Å²) < 4.78 is 0. The smallest absolute Gasteiger partial charge is 0.134 e. The van der Waals surface area contributed by atoms with Crippen LogP contribution in [0.5, 0.6) is 0 Å². The van der Waals surface area contributed by atoms with Crippen molar-refractivity contribution in [3.63, 3.8) is 0 Å². The van der Waals surface area contributed by atoms with E-state index in [-0.39, 0.29) is 6.17 Å². The molecule has 1 aliphatic heterocycles. The summed E-state index contributed by atoms with van der Waals surface area (Å²) in [5, 5.41) is 8.93. The predicted molar refractivity (Wildman–Crippen MR) is 59.8 cm³/mol. The minimum Gasteiger partial charge on any atom is -0.344 e. The highest BCUT2D eigenvalue weighted by atomic mass is 15.4. The van der Waals surface area contributed by atoms with Gasteiger partial charge in [0.2, 0.25) is 0 Å². The van der Waals surface area contributed by atoms with E-state index < -0.39 is 0 Å². The third-order valence-electron chi connectivity index (χ3n) is 2.77. The van der Waals surface area contributed by atoms with E-state index >= 15 is 0 Å². The number of para-hydroxylation sites is 1. The fourth-order valence-corrected chi connectivity index (χ4v) is 1.72. The SMILES string of the molecule is C[C@H]1N(C)C(C#N)=CN1c1ccccc1. The Morgan fingerprint density at radius 3 is 2.47 bits per heavy atom. The van der Waals surface area contributed by atoms with Crippen molar-refractivity contribution >= 4 is 5.69 Å². The van der Waals surface area contributed by atoms with Crippen molar-refractivity contribution < 1.29 is 0 Å². The highest BCUT2D eigenvalue weighted by molar-refractivity contribution is 5.53. The normalized spacial score (nSPS) is 20.1. The predicted octanol–water partition coefficient (Wildman–Crippen LogP) is 2.15. The fourth-order valence-electron chi connectivity index (χ4n) is 1.72. The Hall–Kier alpha value is -1.95. The first-order chi connectivity index (χ1) is 7.24. The summed E-state index contributed by atoms with van der Waals surface area (Å²) >= 11 is 0. The highest BCUT2D eigenvalue weighted by Gasteiger charge is 2.26. The van der Waals surface area contributed by atoms with Gasteiger partial charge in [0.1, 0.15) is 17.9 Å². The molecule has 0 saturated carbocycles. The maximum absolute atomic E-state index is 8.93. The topological polar surface area (TPSA) is 30.3 Å². The van der Waals surface area contributed by atoms with Crippen molar-refractivity contribution in [1.82, 2.24) is 4.90 Å². The van der Waals surface area contributed by atoms with Gasteiger partial charge in [0, 0.05) is 18.9 Å². The van der Waals surface area contributed by atoms with Gasteiger partial charge in [0.15, 0.2) is 0 Å². The van der Waals surface area contributed by atoms with E-state index in [0.29, 0.717) is 5.70 Å². The zero-order valence-corrected chi connectivity index (χ0v) is 8.88. The number of rotatable bonds is 1. The lowest BCUT2D eigenvalue weighted by Gasteiger charge is -2.27. The van der Waals surface area contributed by atoms with Crippen molar-refractivity contribution in [3.8, 4) is 6.07 Å². The van der Waals surface area contributed by atoms with Crippen LogP contribution in [0.2, 0.25) is 0 Å². The van der Waals surface area contributed by atoms with Gasteiger partial charge in [0.05, 0.1) is 0 Å². The number of hydrogen-bond acceptors (Lipinski definition) is 3. The average Bonchev–Trinajstić information content (AvgIpc) is 2.57. The molecular weight excluding hydrogens is 186 g/mol. The summed E-state index contributed by atoms with van der Waals surface area (Å²) in [4.78, 5) is 4.06. The molecule has 3 nitrogen and oxygen atoms in total. The molecule has 0 radical (unpaired) electrons. The van der Waals surface area contributed by atoms with E-state index in [4.69, 9.17) is 5.26 Å². The summed E-state index contributed by atoms with van der Waals surface area (Å²) in [6.07, 6.45) is 2.09. The number of allylic oxidation sites excluding steroid dienone is 1. The largest absolute Gasteiger partial charge is 0.344 e. The number of nitriles is 1. The van der Waals surface area contributed by atoms with Crippen molar-refractivity contribution in [3.05, 3.63) is 42.2 Å². The molecule has 1 aromatic rings. The van der Waals surface area contributed by atoms with Crippen molar-refractivity contribution in [1.29, 1.82) is 5.26 Å². The lowest BCUT2D eigenvalue weighted by molar-refractivity contribution is 0.367. The average molecular weight is 199 g/mol. The molecule has 0 fully saturated rings. The van der Waals surface area contributed by atoms with E-state index in [9.17, 15) is 0 Å². The molecule has 0 N–H and O–H groups in total. The standard InChI is InChI=1S/C12H13N3/c1-10-14(2)12(8-13)9-15(10)11-6-4-3-5-7-11/h3-7,9-10H,1-2H3/t10-/m0/s1. The van der Waals surface area contributed by atoms with Crippen molar-refractivity contribution in [2.75, 3.05) is 11.9 Å². The number of benzene rings is 1. The number of hydrogen-bond donors (Lipinski definition) is 0. The lowest BCUT2D eigenvalue weighted by Crippen LogP contribution is -2.34. The van der Waals surface area contributed by atoms with Gasteiger partial charge in [-0.3, -0.25) is 0 Å². The first-order valence-electron chi connectivity index (χ1n) is 4.92. The molecule has 3 heteroatoms. The minimum atomic E-state index is 0.196. The van der Waals surface area contributed by atoms with Crippen LogP contribution in [0.15, 0.2) is 42.2 Å². The van der Waals surface area contributed by atoms with Gasteiger partial charge in [-0.05, 0) is 19.1 Å². The molecule has 1 atom stereocenters. The Morgan fingerprint density at radius 2 is 1.93 bits per heavy atom. The molecule has 1 aromatic carbocycles. The van der Waals surface area contributed by atoms with Crippen LogP contribution in [0.3, 0.4) is 0 Å². The van der Waals surface area contributed by atoms with Gasteiger partial charge < -0.3 is 9.80 Å². The van der Waals surface area contributed by atoms with E-state index in [1.165, 1.54) is 0 Å². The second-order valence-corrected chi connectivity index (χ2v) is 3.61. The second-order valence-electron chi connectivity index (χ2n) is 3.61. The molecule has 0 aromatic heterocycles. The van der Waals surface area contributed by atoms with E-state index in [0.717, 1.165) is 5.69 Å². The summed E-state index contributed by atoms with van der Waals surface area (Å²) in [6, 6.07) is 12.3. The van der Waals surface area contributed by atoms with Gasteiger partial charge >= 0.3 is 0 Å². The fraction of sp³-hybridized carbons (Fsp3) is 0.250. The van der Waals surface area contributed by atoms with E-state index in [1.807, 2.05) is 48.5 Å². The Balaban J connectivity index is 2.34. The van der Waals surface area contributed by atoms with E-state index in [1.54, 1.807) is 0 Å². The number of nitrogens with zero attached hydrogens (tertiary/aromatic N) is 3. The zero-order chi connectivity index (χ0) is 10.8. The monoisotopic (exact) mass is 199 g/mol. The molecule has 15 heavy (non-hydrogen) atoms. The Bertz CT molecular complexity index is 416. The Labute approximate surface area is 89.8 Å². The third kappa shape index (κ3) is 1.55. The molecule has 2 rings (SSSR count). The lowest BCUT2D eigenvalue weighted by atomic mass is 10.3. The van der Waals surface area contributed by atoms with Crippen LogP contribution in [-0.4, -0.2) is 18.1 Å². The van der Waals surface area contributed by atoms with Crippen molar-refractivity contribution in [2.24, 2.45) is 0 Å². The van der Waals surface area contributed by atoms with Crippen LogP contribution in [0.1, 0.15) is 6.92 Å². The van der Waals surface area contributed by atoms with Crippen LogP contribution in [0, 0.1) is 11.3 Å². The maximum atomic E-state index is 8.93.